The molecule has 4 nitrogen and oxygen atoms in total. The molecule has 0 atom stereocenters. The van der Waals surface area contributed by atoms with Crippen molar-refractivity contribution in [2.45, 2.75) is 5.51 Å². The first-order valence-electron chi connectivity index (χ1n) is 3.91. The van der Waals surface area contributed by atoms with Crippen LogP contribution in [0.15, 0.2) is 24.3 Å². The molecule has 0 fully saturated rings. The van der Waals surface area contributed by atoms with E-state index in [1.165, 1.54) is 19.2 Å². The zero-order valence-corrected chi connectivity index (χ0v) is 8.80. The first kappa shape index (κ1) is 12.6. The van der Waals surface area contributed by atoms with Gasteiger partial charge in [-0.3, -0.25) is 0 Å². The summed E-state index contributed by atoms with van der Waals surface area (Å²) in [4.78, 5) is 0. The van der Waals surface area contributed by atoms with Crippen LogP contribution in [0.25, 0.3) is 0 Å². The zero-order valence-electron chi connectivity index (χ0n) is 7.98. The molecule has 0 heterocycles. The van der Waals surface area contributed by atoms with Crippen molar-refractivity contribution >= 4 is 10.1 Å². The molecule has 0 saturated carbocycles. The first-order chi connectivity index (χ1) is 7.26. The van der Waals surface area contributed by atoms with Gasteiger partial charge in [-0.25, -0.2) is 0 Å². The number of hydrogen-bond acceptors (Lipinski definition) is 4. The Labute approximate surface area is 89.7 Å². The Morgan fingerprint density at radius 2 is 1.75 bits per heavy atom. The molecule has 90 valence electrons. The van der Waals surface area contributed by atoms with Crippen LogP contribution in [0.1, 0.15) is 0 Å². The Kier molecular flexibility index (Phi) is 3.32. The summed E-state index contributed by atoms with van der Waals surface area (Å²) in [5, 5.41) is 0. The highest BCUT2D eigenvalue weighted by Gasteiger charge is 2.48. The smallest absolute Gasteiger partial charge is 0.497 e. The summed E-state index contributed by atoms with van der Waals surface area (Å²) in [6.45, 7) is 0. The molecule has 0 aromatic heterocycles. The van der Waals surface area contributed by atoms with Crippen molar-refractivity contribution in [3.63, 3.8) is 0 Å². The Bertz CT molecular complexity index is 466. The SMILES string of the molecule is COc1cccc(OS(=O)(=O)C(F)(F)F)c1. The van der Waals surface area contributed by atoms with Gasteiger partial charge >= 0.3 is 15.6 Å². The molecule has 1 aromatic rings. The topological polar surface area (TPSA) is 52.6 Å². The summed E-state index contributed by atoms with van der Waals surface area (Å²) in [6, 6.07) is 4.85. The summed E-state index contributed by atoms with van der Waals surface area (Å²) in [5.74, 6) is -0.272. The Balaban J connectivity index is 2.97. The van der Waals surface area contributed by atoms with Crippen LogP contribution in [0.2, 0.25) is 0 Å². The van der Waals surface area contributed by atoms with Gasteiger partial charge in [0, 0.05) is 6.07 Å². The summed E-state index contributed by atoms with van der Waals surface area (Å²) >= 11 is 0. The van der Waals surface area contributed by atoms with Crippen molar-refractivity contribution in [3.05, 3.63) is 24.3 Å². The molecule has 0 aliphatic carbocycles. The van der Waals surface area contributed by atoms with Gasteiger partial charge in [0.1, 0.15) is 11.5 Å². The second-order valence-corrected chi connectivity index (χ2v) is 4.20. The number of hydrogen-bond donors (Lipinski definition) is 0. The number of rotatable bonds is 3. The highest BCUT2D eigenvalue weighted by Crippen LogP contribution is 2.28. The van der Waals surface area contributed by atoms with Gasteiger partial charge in [0.05, 0.1) is 7.11 Å². The Hall–Kier alpha value is -1.44. The predicted octanol–water partition coefficient (Wildman–Crippen LogP) is 1.92. The van der Waals surface area contributed by atoms with E-state index in [0.29, 0.717) is 0 Å². The molecular formula is C8H7F3O4S. The molecule has 0 radical (unpaired) electrons. The summed E-state index contributed by atoms with van der Waals surface area (Å²) in [5.41, 5.74) is -5.45. The number of halogens is 3. The molecule has 0 spiro atoms. The van der Waals surface area contributed by atoms with Crippen LogP contribution in [0, 0.1) is 0 Å². The Morgan fingerprint density at radius 3 is 2.25 bits per heavy atom. The number of benzene rings is 1. The maximum absolute atomic E-state index is 12.0. The average molecular weight is 256 g/mol. The van der Waals surface area contributed by atoms with Crippen LogP contribution in [0.3, 0.4) is 0 Å². The van der Waals surface area contributed by atoms with Crippen LogP contribution < -0.4 is 8.92 Å². The van der Waals surface area contributed by atoms with Crippen LogP contribution in [-0.2, 0) is 10.1 Å². The van der Waals surface area contributed by atoms with Crippen LogP contribution in [0.4, 0.5) is 13.2 Å². The van der Waals surface area contributed by atoms with Crippen LogP contribution in [-0.4, -0.2) is 21.0 Å². The number of methoxy groups -OCH3 is 1. The first-order valence-corrected chi connectivity index (χ1v) is 5.32. The number of alkyl halides is 3. The molecule has 0 amide bonds. The fourth-order valence-corrected chi connectivity index (χ4v) is 1.28. The molecule has 0 saturated heterocycles. The minimum Gasteiger partial charge on any atom is -0.497 e. The van der Waals surface area contributed by atoms with E-state index in [0.717, 1.165) is 12.1 Å². The third-order valence-electron chi connectivity index (χ3n) is 1.53. The van der Waals surface area contributed by atoms with Gasteiger partial charge in [-0.1, -0.05) is 6.07 Å². The van der Waals surface area contributed by atoms with E-state index in [1.54, 1.807) is 0 Å². The lowest BCUT2D eigenvalue weighted by Crippen LogP contribution is -2.28. The maximum Gasteiger partial charge on any atom is 0.534 e. The molecule has 0 unspecified atom stereocenters. The van der Waals surface area contributed by atoms with Crippen molar-refractivity contribution in [2.75, 3.05) is 7.11 Å². The summed E-state index contributed by atoms with van der Waals surface area (Å²) in [6.07, 6.45) is 0. The second kappa shape index (κ2) is 4.20. The fraction of sp³-hybridized carbons (Fsp3) is 0.250. The van der Waals surface area contributed by atoms with Gasteiger partial charge in [0.2, 0.25) is 0 Å². The molecule has 8 heteroatoms. The third-order valence-corrected chi connectivity index (χ3v) is 2.51. The van der Waals surface area contributed by atoms with E-state index >= 15 is 0 Å². The van der Waals surface area contributed by atoms with Gasteiger partial charge in [0.25, 0.3) is 0 Å². The van der Waals surface area contributed by atoms with E-state index in [2.05, 4.69) is 4.18 Å². The molecule has 0 bridgehead atoms. The van der Waals surface area contributed by atoms with Crippen molar-refractivity contribution in [1.29, 1.82) is 0 Å². The van der Waals surface area contributed by atoms with Crippen LogP contribution in [0.5, 0.6) is 11.5 Å². The monoisotopic (exact) mass is 256 g/mol. The predicted molar refractivity (Wildman–Crippen MR) is 48.6 cm³/mol. The van der Waals surface area contributed by atoms with Gasteiger partial charge in [-0.15, -0.1) is 0 Å². The van der Waals surface area contributed by atoms with Gasteiger partial charge in [-0.2, -0.15) is 21.6 Å². The summed E-state index contributed by atoms with van der Waals surface area (Å²) in [7, 11) is -4.34. The largest absolute Gasteiger partial charge is 0.534 e. The highest BCUT2D eigenvalue weighted by atomic mass is 32.2. The average Bonchev–Trinajstić information content (AvgIpc) is 2.15. The van der Waals surface area contributed by atoms with Crippen molar-refractivity contribution in [2.24, 2.45) is 0 Å². The lowest BCUT2D eigenvalue weighted by atomic mass is 10.3. The van der Waals surface area contributed by atoms with E-state index in [4.69, 9.17) is 4.74 Å². The summed E-state index contributed by atoms with van der Waals surface area (Å²) < 4.78 is 65.7. The molecule has 0 aliphatic heterocycles. The van der Waals surface area contributed by atoms with Crippen molar-refractivity contribution in [1.82, 2.24) is 0 Å². The highest BCUT2D eigenvalue weighted by molar-refractivity contribution is 7.87. The van der Waals surface area contributed by atoms with Crippen LogP contribution >= 0.6 is 0 Å². The third kappa shape index (κ3) is 2.78. The minimum atomic E-state index is -5.63. The normalized spacial score (nSPS) is 12.2. The van der Waals surface area contributed by atoms with E-state index in [-0.39, 0.29) is 5.75 Å². The Morgan fingerprint density at radius 1 is 1.19 bits per heavy atom. The lowest BCUT2D eigenvalue weighted by Gasteiger charge is -2.09. The number of ether oxygens (including phenoxy) is 1. The van der Waals surface area contributed by atoms with Gasteiger partial charge in [0.15, 0.2) is 0 Å². The van der Waals surface area contributed by atoms with Crippen molar-refractivity contribution in [3.8, 4) is 11.5 Å². The van der Waals surface area contributed by atoms with Gasteiger partial charge in [-0.05, 0) is 12.1 Å². The lowest BCUT2D eigenvalue weighted by molar-refractivity contribution is -0.0500. The molecule has 0 N–H and O–H groups in total. The van der Waals surface area contributed by atoms with E-state index in [1.807, 2.05) is 0 Å². The zero-order chi connectivity index (χ0) is 12.4. The minimum absolute atomic E-state index is 0.190. The van der Waals surface area contributed by atoms with Crippen molar-refractivity contribution < 1.29 is 30.5 Å². The quantitative estimate of drug-likeness (QED) is 0.612. The molecule has 1 rings (SSSR count). The van der Waals surface area contributed by atoms with E-state index in [9.17, 15) is 21.6 Å². The molecule has 0 aliphatic rings. The maximum atomic E-state index is 12.0. The second-order valence-electron chi connectivity index (χ2n) is 2.66. The standard InChI is InChI=1S/C8H7F3O4S/c1-14-6-3-2-4-7(5-6)15-16(12,13)8(9,10)11/h2-5H,1H3. The molecule has 16 heavy (non-hydrogen) atoms. The van der Waals surface area contributed by atoms with E-state index < -0.39 is 21.4 Å². The molecule has 1 aromatic carbocycles. The molecular weight excluding hydrogens is 249 g/mol. The van der Waals surface area contributed by atoms with Gasteiger partial charge < -0.3 is 8.92 Å². The fourth-order valence-electron chi connectivity index (χ4n) is 0.827.